The maximum Gasteiger partial charge on any atom is 0.416 e. The largest absolute Gasteiger partial charge is 0.456 e. The molecule has 0 spiro atoms. The molecule has 1 heterocycles. The van der Waals surface area contributed by atoms with Crippen LogP contribution in [-0.2, 0) is 22.3 Å². The van der Waals surface area contributed by atoms with E-state index in [0.29, 0.717) is 0 Å². The molecule has 32 heavy (non-hydrogen) atoms. The fourth-order valence-electron chi connectivity index (χ4n) is 2.68. The van der Waals surface area contributed by atoms with Crippen LogP contribution in [0.25, 0.3) is 0 Å². The maximum atomic E-state index is 13.0. The summed E-state index contributed by atoms with van der Waals surface area (Å²) in [7, 11) is 0. The number of nitrogens with zero attached hydrogens (tertiary/aromatic N) is 3. The molecule has 0 N–H and O–H groups in total. The van der Waals surface area contributed by atoms with Gasteiger partial charge in [-0.1, -0.05) is 12.1 Å². The normalized spacial score (nSPS) is 11.1. The maximum absolute atomic E-state index is 13.0. The quantitative estimate of drug-likeness (QED) is 0.285. The average molecular weight is 465 g/mol. The molecule has 0 atom stereocenters. The van der Waals surface area contributed by atoms with Gasteiger partial charge in [0.2, 0.25) is 5.91 Å². The van der Waals surface area contributed by atoms with E-state index < -0.39 is 28.5 Å². The first-order valence-electron chi connectivity index (χ1n) is 8.90. The fraction of sp³-hybridized carbons (Fsp3) is 0.150. The van der Waals surface area contributed by atoms with Crippen molar-refractivity contribution in [2.24, 2.45) is 0 Å². The van der Waals surface area contributed by atoms with Crippen LogP contribution in [0.15, 0.2) is 53.9 Å². The van der Waals surface area contributed by atoms with Crippen LogP contribution in [-0.4, -0.2) is 21.8 Å². The molecule has 3 aromatic rings. The minimum absolute atomic E-state index is 0.0122. The summed E-state index contributed by atoms with van der Waals surface area (Å²) in [6, 6.07) is 9.26. The molecule has 0 saturated carbocycles. The predicted octanol–water partition coefficient (Wildman–Crippen LogP) is 5.11. The fourth-order valence-corrected chi connectivity index (χ4v) is 3.55. The number of amides is 1. The highest BCUT2D eigenvalue weighted by atomic mass is 32.1. The number of nitro groups is 1. The number of alkyl halides is 3. The molecule has 0 bridgehead atoms. The van der Waals surface area contributed by atoms with Crippen LogP contribution >= 0.6 is 11.3 Å². The molecule has 0 radical (unpaired) electrons. The van der Waals surface area contributed by atoms with Crippen LogP contribution in [0.4, 0.5) is 29.7 Å². The van der Waals surface area contributed by atoms with Gasteiger partial charge in [0, 0.05) is 24.4 Å². The van der Waals surface area contributed by atoms with E-state index in [0.717, 1.165) is 34.4 Å². The summed E-state index contributed by atoms with van der Waals surface area (Å²) in [4.78, 5) is 39.6. The molecule has 12 heteroatoms. The lowest BCUT2D eigenvalue weighted by molar-refractivity contribution is -0.384. The summed E-state index contributed by atoms with van der Waals surface area (Å²) in [5.74, 6) is -1.37. The molecule has 0 saturated heterocycles. The number of carbonyl (C=O) groups is 2. The number of ether oxygens (including phenoxy) is 1. The monoisotopic (exact) mass is 465 g/mol. The van der Waals surface area contributed by atoms with Gasteiger partial charge in [-0.25, -0.2) is 9.78 Å². The molecule has 166 valence electrons. The first-order valence-corrected chi connectivity index (χ1v) is 9.78. The van der Waals surface area contributed by atoms with Gasteiger partial charge in [-0.15, -0.1) is 11.3 Å². The van der Waals surface area contributed by atoms with Gasteiger partial charge in [0.1, 0.15) is 6.61 Å². The Morgan fingerprint density at radius 2 is 1.91 bits per heavy atom. The first-order chi connectivity index (χ1) is 15.1. The second kappa shape index (κ2) is 9.14. The Hall–Kier alpha value is -3.80. The van der Waals surface area contributed by atoms with Crippen molar-refractivity contribution in [1.29, 1.82) is 0 Å². The third kappa shape index (κ3) is 5.27. The highest BCUT2D eigenvalue weighted by Gasteiger charge is 2.31. The Morgan fingerprint density at radius 3 is 2.56 bits per heavy atom. The predicted molar refractivity (Wildman–Crippen MR) is 109 cm³/mol. The molecule has 0 unspecified atom stereocenters. The Balaban J connectivity index is 1.76. The second-order valence-electron chi connectivity index (χ2n) is 6.41. The van der Waals surface area contributed by atoms with Gasteiger partial charge >= 0.3 is 12.1 Å². The molecule has 0 aliphatic heterocycles. The lowest BCUT2D eigenvalue weighted by Gasteiger charge is -2.19. The number of thiazole rings is 1. The minimum Gasteiger partial charge on any atom is -0.456 e. The zero-order valence-electron chi connectivity index (χ0n) is 16.3. The molecule has 8 nitrogen and oxygen atoms in total. The van der Waals surface area contributed by atoms with Crippen molar-refractivity contribution >= 4 is 39.7 Å². The Kier molecular flexibility index (Phi) is 6.53. The lowest BCUT2D eigenvalue weighted by Crippen LogP contribution is -2.23. The summed E-state index contributed by atoms with van der Waals surface area (Å²) < 4.78 is 44.2. The van der Waals surface area contributed by atoms with E-state index in [9.17, 15) is 32.9 Å². The van der Waals surface area contributed by atoms with E-state index >= 15 is 0 Å². The summed E-state index contributed by atoms with van der Waals surface area (Å²) in [6.45, 7) is 0.885. The SMILES string of the molecule is CC(=O)N(c1cccc(C(F)(F)F)c1)c1nc(COC(=O)c2cccc([N+](=O)[O-])c2)cs1. The molecular weight excluding hydrogens is 451 g/mol. The summed E-state index contributed by atoms with van der Waals surface area (Å²) >= 11 is 0.980. The van der Waals surface area contributed by atoms with Crippen LogP contribution in [0, 0.1) is 10.1 Å². The van der Waals surface area contributed by atoms with Crippen molar-refractivity contribution in [2.75, 3.05) is 4.90 Å². The topological polar surface area (TPSA) is 103 Å². The van der Waals surface area contributed by atoms with Crippen LogP contribution < -0.4 is 4.90 Å². The Bertz CT molecular complexity index is 1180. The molecule has 0 fully saturated rings. The summed E-state index contributed by atoms with van der Waals surface area (Å²) in [5.41, 5.74) is -0.967. The van der Waals surface area contributed by atoms with E-state index in [2.05, 4.69) is 4.98 Å². The molecule has 3 rings (SSSR count). The van der Waals surface area contributed by atoms with Crippen molar-refractivity contribution in [3.63, 3.8) is 0 Å². The molecule has 2 aromatic carbocycles. The number of aromatic nitrogens is 1. The summed E-state index contributed by atoms with van der Waals surface area (Å²) in [6.07, 6.45) is -4.58. The van der Waals surface area contributed by atoms with Gasteiger partial charge in [-0.3, -0.25) is 19.8 Å². The third-order valence-electron chi connectivity index (χ3n) is 4.12. The number of hydrogen-bond acceptors (Lipinski definition) is 7. The number of anilines is 2. The zero-order chi connectivity index (χ0) is 23.5. The Morgan fingerprint density at radius 1 is 1.19 bits per heavy atom. The van der Waals surface area contributed by atoms with Crippen molar-refractivity contribution in [3.05, 3.63) is 80.8 Å². The number of benzene rings is 2. The van der Waals surface area contributed by atoms with Gasteiger partial charge in [-0.2, -0.15) is 13.2 Å². The van der Waals surface area contributed by atoms with E-state index in [4.69, 9.17) is 4.74 Å². The van der Waals surface area contributed by atoms with E-state index in [1.807, 2.05) is 0 Å². The van der Waals surface area contributed by atoms with Crippen molar-refractivity contribution in [2.45, 2.75) is 19.7 Å². The smallest absolute Gasteiger partial charge is 0.416 e. The van der Waals surface area contributed by atoms with Gasteiger partial charge in [-0.05, 0) is 24.3 Å². The summed E-state index contributed by atoms with van der Waals surface area (Å²) in [5, 5.41) is 12.4. The van der Waals surface area contributed by atoms with Gasteiger partial charge in [0.25, 0.3) is 5.69 Å². The zero-order valence-corrected chi connectivity index (χ0v) is 17.1. The van der Waals surface area contributed by atoms with Crippen LogP contribution in [0.1, 0.15) is 28.5 Å². The highest BCUT2D eigenvalue weighted by Crippen LogP contribution is 2.35. The number of non-ortho nitro benzene ring substituents is 1. The Labute approximate surface area is 183 Å². The molecule has 0 aliphatic carbocycles. The van der Waals surface area contributed by atoms with Crippen LogP contribution in [0.5, 0.6) is 0 Å². The minimum atomic E-state index is -4.58. The molecule has 1 aromatic heterocycles. The van der Waals surface area contributed by atoms with Crippen molar-refractivity contribution in [3.8, 4) is 0 Å². The third-order valence-corrected chi connectivity index (χ3v) is 5.00. The molecule has 1 amide bonds. The van der Waals surface area contributed by atoms with E-state index in [1.54, 1.807) is 0 Å². The van der Waals surface area contributed by atoms with E-state index in [1.165, 1.54) is 42.6 Å². The number of halogens is 3. The highest BCUT2D eigenvalue weighted by molar-refractivity contribution is 7.14. The number of rotatable bonds is 6. The second-order valence-corrected chi connectivity index (χ2v) is 7.24. The van der Waals surface area contributed by atoms with Gasteiger partial charge in [0.05, 0.1) is 27.4 Å². The van der Waals surface area contributed by atoms with Gasteiger partial charge in [0.15, 0.2) is 5.13 Å². The van der Waals surface area contributed by atoms with Crippen molar-refractivity contribution in [1.82, 2.24) is 4.98 Å². The van der Waals surface area contributed by atoms with Crippen LogP contribution in [0.3, 0.4) is 0 Å². The standard InChI is InChI=1S/C20H14F3N3O5S/c1-12(27)25(16-6-3-5-14(9-16)20(21,22)23)19-24-15(11-32-19)10-31-18(28)13-4-2-7-17(8-13)26(29)30/h2-9,11H,10H2,1H3. The first kappa shape index (κ1) is 22.9. The lowest BCUT2D eigenvalue weighted by atomic mass is 10.2. The number of nitro benzene ring substituents is 1. The number of hydrogen-bond donors (Lipinski definition) is 0. The number of carbonyl (C=O) groups excluding carboxylic acids is 2. The molecular formula is C20H14F3N3O5S. The van der Waals surface area contributed by atoms with Crippen molar-refractivity contribution < 1.29 is 32.4 Å². The van der Waals surface area contributed by atoms with Gasteiger partial charge < -0.3 is 4.74 Å². The number of esters is 1. The van der Waals surface area contributed by atoms with Crippen LogP contribution in [0.2, 0.25) is 0 Å². The van der Waals surface area contributed by atoms with E-state index in [-0.39, 0.29) is 34.4 Å². The average Bonchev–Trinajstić information content (AvgIpc) is 3.20. The molecule has 0 aliphatic rings.